The zero-order chi connectivity index (χ0) is 14.6. The Bertz CT molecular complexity index is 542. The fraction of sp³-hybridized carbons (Fsp3) is 0.214. The first-order valence-electron chi connectivity index (χ1n) is 5.54. The molecule has 2 nitrogen and oxygen atoms in total. The molecule has 0 fully saturated rings. The predicted octanol–water partition coefficient (Wildman–Crippen LogP) is 3.45. The van der Waals surface area contributed by atoms with Crippen molar-refractivity contribution < 1.29 is 18.0 Å². The Morgan fingerprint density at radius 3 is 2.32 bits per heavy atom. The van der Waals surface area contributed by atoms with E-state index in [1.807, 2.05) is 6.92 Å². The molecule has 0 aromatic heterocycles. The van der Waals surface area contributed by atoms with Gasteiger partial charge in [0, 0.05) is 5.56 Å². The summed E-state index contributed by atoms with van der Waals surface area (Å²) in [5.74, 6) is -0.700. The smallest absolute Gasteiger partial charge is 0.405 e. The second-order valence-corrected chi connectivity index (χ2v) is 4.12. The number of allylic oxidation sites excluding steroid dienone is 3. The lowest BCUT2D eigenvalue weighted by Gasteiger charge is -2.07. The van der Waals surface area contributed by atoms with Crippen molar-refractivity contribution in [3.63, 3.8) is 0 Å². The number of aryl methyl sites for hydroxylation is 2. The summed E-state index contributed by atoms with van der Waals surface area (Å²) in [4.78, 5) is 11.8. The van der Waals surface area contributed by atoms with Gasteiger partial charge in [-0.25, -0.2) is 0 Å². The number of hydrogen-bond donors (Lipinski definition) is 1. The zero-order valence-electron chi connectivity index (χ0n) is 10.6. The first kappa shape index (κ1) is 15.0. The average Bonchev–Trinajstić information content (AvgIpc) is 2.30. The van der Waals surface area contributed by atoms with E-state index < -0.39 is 17.5 Å². The van der Waals surface area contributed by atoms with Crippen LogP contribution in [0.4, 0.5) is 13.2 Å². The fourth-order valence-electron chi connectivity index (χ4n) is 1.45. The number of hydrogen-bond acceptors (Lipinski definition) is 2. The highest BCUT2D eigenvalue weighted by molar-refractivity contribution is 6.05. The molecule has 0 saturated carbocycles. The summed E-state index contributed by atoms with van der Waals surface area (Å²) in [6.07, 6.45) is -2.63. The van der Waals surface area contributed by atoms with Crippen LogP contribution < -0.4 is 5.73 Å². The predicted molar refractivity (Wildman–Crippen MR) is 67.7 cm³/mol. The lowest BCUT2D eigenvalue weighted by molar-refractivity contribution is -0.0882. The van der Waals surface area contributed by atoms with Gasteiger partial charge in [-0.05, 0) is 49.4 Å². The van der Waals surface area contributed by atoms with Crippen LogP contribution >= 0.6 is 0 Å². The van der Waals surface area contributed by atoms with E-state index in [4.69, 9.17) is 5.73 Å². The maximum atomic E-state index is 12.6. The molecule has 0 aliphatic rings. The molecule has 0 radical (unpaired) electrons. The zero-order valence-corrected chi connectivity index (χ0v) is 10.6. The van der Waals surface area contributed by atoms with Gasteiger partial charge in [-0.15, -0.1) is 0 Å². The largest absolute Gasteiger partial charge is 0.416 e. The SMILES string of the molecule is Cc1ccc(C(=O)/C=C(\C=C/N)C(F)(F)F)cc1C. The minimum Gasteiger partial charge on any atom is -0.405 e. The van der Waals surface area contributed by atoms with Crippen LogP contribution in [0.15, 0.2) is 42.1 Å². The Hall–Kier alpha value is -2.04. The summed E-state index contributed by atoms with van der Waals surface area (Å²) in [6.45, 7) is 3.65. The van der Waals surface area contributed by atoms with E-state index in [9.17, 15) is 18.0 Å². The molecule has 0 aliphatic heterocycles. The van der Waals surface area contributed by atoms with Crippen LogP contribution in [0.1, 0.15) is 21.5 Å². The Labute approximate surface area is 109 Å². The first-order valence-corrected chi connectivity index (χ1v) is 5.54. The molecule has 2 N–H and O–H groups in total. The molecule has 5 heteroatoms. The molecule has 1 aromatic rings. The summed E-state index contributed by atoms with van der Waals surface area (Å²) >= 11 is 0. The number of alkyl halides is 3. The van der Waals surface area contributed by atoms with Crippen molar-refractivity contribution in [2.24, 2.45) is 5.73 Å². The van der Waals surface area contributed by atoms with E-state index in [1.54, 1.807) is 19.1 Å². The van der Waals surface area contributed by atoms with Crippen LogP contribution in [-0.4, -0.2) is 12.0 Å². The number of rotatable bonds is 3. The maximum Gasteiger partial charge on any atom is 0.416 e. The van der Waals surface area contributed by atoms with Gasteiger partial charge >= 0.3 is 6.18 Å². The minimum absolute atomic E-state index is 0.218. The van der Waals surface area contributed by atoms with E-state index in [2.05, 4.69) is 0 Å². The summed E-state index contributed by atoms with van der Waals surface area (Å²) in [5.41, 5.74) is 5.92. The van der Waals surface area contributed by atoms with E-state index in [1.165, 1.54) is 6.07 Å². The number of nitrogens with two attached hydrogens (primary N) is 1. The van der Waals surface area contributed by atoms with Crippen LogP contribution in [0.2, 0.25) is 0 Å². The second-order valence-electron chi connectivity index (χ2n) is 4.12. The molecule has 0 spiro atoms. The maximum absolute atomic E-state index is 12.6. The highest BCUT2D eigenvalue weighted by atomic mass is 19.4. The van der Waals surface area contributed by atoms with Crippen molar-refractivity contribution in [2.75, 3.05) is 0 Å². The summed E-state index contributed by atoms with van der Waals surface area (Å²) in [5, 5.41) is 0. The molecule has 1 aromatic carbocycles. The number of ketones is 1. The standard InChI is InChI=1S/C14H14F3NO/c1-9-3-4-11(7-10(9)2)13(19)8-12(5-6-18)14(15,16)17/h3-8H,18H2,1-2H3/b6-5-,12-8+. The minimum atomic E-state index is -4.61. The molecule has 0 amide bonds. The van der Waals surface area contributed by atoms with Gasteiger partial charge in [-0.2, -0.15) is 13.2 Å². The van der Waals surface area contributed by atoms with Gasteiger partial charge < -0.3 is 5.73 Å². The number of benzene rings is 1. The Balaban J connectivity index is 3.14. The molecular formula is C14H14F3NO. The van der Waals surface area contributed by atoms with Gasteiger partial charge in [0.25, 0.3) is 0 Å². The van der Waals surface area contributed by atoms with Gasteiger partial charge in [-0.1, -0.05) is 12.1 Å². The van der Waals surface area contributed by atoms with Crippen LogP contribution in [-0.2, 0) is 0 Å². The van der Waals surface area contributed by atoms with Gasteiger partial charge in [0.05, 0.1) is 5.57 Å². The molecule has 102 valence electrons. The molecule has 19 heavy (non-hydrogen) atoms. The van der Waals surface area contributed by atoms with E-state index >= 15 is 0 Å². The van der Waals surface area contributed by atoms with Crippen molar-refractivity contribution in [3.05, 3.63) is 58.8 Å². The molecule has 0 unspecified atom stereocenters. The third-order valence-corrected chi connectivity index (χ3v) is 2.68. The average molecular weight is 269 g/mol. The molecule has 0 bridgehead atoms. The van der Waals surface area contributed by atoms with E-state index in [-0.39, 0.29) is 5.56 Å². The summed E-state index contributed by atoms with van der Waals surface area (Å²) in [7, 11) is 0. The summed E-state index contributed by atoms with van der Waals surface area (Å²) in [6, 6.07) is 4.76. The fourth-order valence-corrected chi connectivity index (χ4v) is 1.45. The van der Waals surface area contributed by atoms with E-state index in [0.717, 1.165) is 17.3 Å². The van der Waals surface area contributed by atoms with Gasteiger partial charge in [-0.3, -0.25) is 4.79 Å². The molecule has 1 rings (SSSR count). The van der Waals surface area contributed by atoms with Gasteiger partial charge in [0.1, 0.15) is 0 Å². The molecule has 0 heterocycles. The van der Waals surface area contributed by atoms with Gasteiger partial charge in [0.15, 0.2) is 5.78 Å². The highest BCUT2D eigenvalue weighted by Gasteiger charge is 2.32. The second kappa shape index (κ2) is 5.73. The monoisotopic (exact) mass is 269 g/mol. The van der Waals surface area contributed by atoms with Crippen LogP contribution in [0.3, 0.4) is 0 Å². The van der Waals surface area contributed by atoms with Crippen molar-refractivity contribution >= 4 is 5.78 Å². The molecule has 0 saturated heterocycles. The van der Waals surface area contributed by atoms with Gasteiger partial charge in [0.2, 0.25) is 0 Å². The molecule has 0 aliphatic carbocycles. The van der Waals surface area contributed by atoms with Crippen LogP contribution in [0, 0.1) is 13.8 Å². The van der Waals surface area contributed by atoms with Crippen molar-refractivity contribution in [2.45, 2.75) is 20.0 Å². The van der Waals surface area contributed by atoms with Crippen LogP contribution in [0.5, 0.6) is 0 Å². The van der Waals surface area contributed by atoms with E-state index in [0.29, 0.717) is 12.2 Å². The Morgan fingerprint density at radius 2 is 1.84 bits per heavy atom. The number of carbonyl (C=O) groups is 1. The van der Waals surface area contributed by atoms with Crippen molar-refractivity contribution in [1.29, 1.82) is 0 Å². The number of carbonyl (C=O) groups excluding carboxylic acids is 1. The van der Waals surface area contributed by atoms with Crippen molar-refractivity contribution in [3.8, 4) is 0 Å². The summed E-state index contributed by atoms with van der Waals surface area (Å²) < 4.78 is 37.8. The topological polar surface area (TPSA) is 43.1 Å². The van der Waals surface area contributed by atoms with Crippen molar-refractivity contribution in [1.82, 2.24) is 0 Å². The molecule has 0 atom stereocenters. The first-order chi connectivity index (χ1) is 8.75. The third-order valence-electron chi connectivity index (χ3n) is 2.68. The Kier molecular flexibility index (Phi) is 4.53. The van der Waals surface area contributed by atoms with Crippen LogP contribution in [0.25, 0.3) is 0 Å². The third kappa shape index (κ3) is 3.98. The highest BCUT2D eigenvalue weighted by Crippen LogP contribution is 2.27. The normalized spacial score (nSPS) is 13.0. The quantitative estimate of drug-likeness (QED) is 0.519. The lowest BCUT2D eigenvalue weighted by atomic mass is 10.0. The lowest BCUT2D eigenvalue weighted by Crippen LogP contribution is -2.12. The molecular weight excluding hydrogens is 255 g/mol. The number of halogens is 3. The Morgan fingerprint density at radius 1 is 1.21 bits per heavy atom.